The first-order valence-electron chi connectivity index (χ1n) is 7.84. The van der Waals surface area contributed by atoms with Crippen molar-refractivity contribution >= 4 is 5.91 Å². The summed E-state index contributed by atoms with van der Waals surface area (Å²) in [5, 5.41) is 0. The molecule has 2 fully saturated rings. The van der Waals surface area contributed by atoms with Gasteiger partial charge in [0.25, 0.3) is 0 Å². The second kappa shape index (κ2) is 7.38. The molecular formula is C15H29N3O2. The lowest BCUT2D eigenvalue weighted by atomic mass is 9.90. The van der Waals surface area contributed by atoms with Crippen LogP contribution in [-0.4, -0.2) is 68.7 Å². The van der Waals surface area contributed by atoms with Gasteiger partial charge in [-0.25, -0.2) is 0 Å². The molecule has 0 aromatic heterocycles. The van der Waals surface area contributed by atoms with Crippen molar-refractivity contribution in [3.63, 3.8) is 0 Å². The van der Waals surface area contributed by atoms with E-state index in [1.54, 1.807) is 0 Å². The third-order valence-electron chi connectivity index (χ3n) is 4.61. The first-order chi connectivity index (χ1) is 9.58. The van der Waals surface area contributed by atoms with E-state index in [1.807, 2.05) is 4.90 Å². The zero-order chi connectivity index (χ0) is 14.5. The maximum absolute atomic E-state index is 12.5. The molecule has 116 valence electrons. The lowest BCUT2D eigenvalue weighted by molar-refractivity contribution is -0.136. The molecule has 0 aliphatic carbocycles. The molecule has 5 nitrogen and oxygen atoms in total. The Morgan fingerprint density at radius 3 is 2.40 bits per heavy atom. The van der Waals surface area contributed by atoms with Gasteiger partial charge in [-0.1, -0.05) is 0 Å². The Bertz CT molecular complexity index is 308. The first-order valence-corrected chi connectivity index (χ1v) is 7.84. The molecule has 20 heavy (non-hydrogen) atoms. The Kier molecular flexibility index (Phi) is 5.81. The van der Waals surface area contributed by atoms with Gasteiger partial charge in [-0.2, -0.15) is 0 Å². The Balaban J connectivity index is 1.78. The standard InChI is InChI=1S/C15H29N3O2/c1-17(2)11-12-3-7-18(8-4-12)15(19)14(16)13-5-9-20-10-6-13/h12-14H,3-11,16H2,1-2H3. The van der Waals surface area contributed by atoms with Crippen molar-refractivity contribution in [2.75, 3.05) is 46.9 Å². The van der Waals surface area contributed by atoms with Gasteiger partial charge in [0.2, 0.25) is 5.91 Å². The minimum absolute atomic E-state index is 0.153. The molecular weight excluding hydrogens is 254 g/mol. The van der Waals surface area contributed by atoms with Gasteiger partial charge in [0, 0.05) is 32.8 Å². The highest BCUT2D eigenvalue weighted by atomic mass is 16.5. The number of rotatable bonds is 4. The first kappa shape index (κ1) is 15.7. The highest BCUT2D eigenvalue weighted by molar-refractivity contribution is 5.82. The Morgan fingerprint density at radius 1 is 1.25 bits per heavy atom. The molecule has 2 heterocycles. The number of amides is 1. The van der Waals surface area contributed by atoms with Crippen molar-refractivity contribution in [2.45, 2.75) is 31.7 Å². The number of carbonyl (C=O) groups excluding carboxylic acids is 1. The number of carbonyl (C=O) groups is 1. The largest absolute Gasteiger partial charge is 0.381 e. The molecule has 1 atom stereocenters. The van der Waals surface area contributed by atoms with E-state index in [9.17, 15) is 4.79 Å². The van der Waals surface area contributed by atoms with Crippen LogP contribution in [-0.2, 0) is 9.53 Å². The summed E-state index contributed by atoms with van der Waals surface area (Å²) in [4.78, 5) is 16.7. The third-order valence-corrected chi connectivity index (χ3v) is 4.61. The van der Waals surface area contributed by atoms with Gasteiger partial charge in [-0.15, -0.1) is 0 Å². The number of ether oxygens (including phenoxy) is 1. The molecule has 2 N–H and O–H groups in total. The summed E-state index contributed by atoms with van der Waals surface area (Å²) in [5.41, 5.74) is 6.18. The highest BCUT2D eigenvalue weighted by Gasteiger charge is 2.31. The molecule has 0 radical (unpaired) electrons. The van der Waals surface area contributed by atoms with Gasteiger partial charge in [0.1, 0.15) is 0 Å². The molecule has 0 saturated carbocycles. The van der Waals surface area contributed by atoms with Crippen LogP contribution >= 0.6 is 0 Å². The predicted octanol–water partition coefficient (Wildman–Crippen LogP) is 0.541. The number of hydrogen-bond acceptors (Lipinski definition) is 4. The molecule has 0 spiro atoms. The van der Waals surface area contributed by atoms with E-state index < -0.39 is 0 Å². The maximum atomic E-state index is 12.5. The Morgan fingerprint density at radius 2 is 1.85 bits per heavy atom. The van der Waals surface area contributed by atoms with E-state index in [2.05, 4.69) is 19.0 Å². The number of nitrogens with two attached hydrogens (primary N) is 1. The summed E-state index contributed by atoms with van der Waals surface area (Å²) in [5.74, 6) is 1.17. The average molecular weight is 283 g/mol. The van der Waals surface area contributed by atoms with Crippen LogP contribution in [0.3, 0.4) is 0 Å². The SMILES string of the molecule is CN(C)CC1CCN(C(=O)C(N)C2CCOCC2)CC1. The number of likely N-dealkylation sites (tertiary alicyclic amines) is 1. The van der Waals surface area contributed by atoms with Crippen LogP contribution in [0.15, 0.2) is 0 Å². The topological polar surface area (TPSA) is 58.8 Å². The fourth-order valence-electron chi connectivity index (χ4n) is 3.34. The van der Waals surface area contributed by atoms with Gasteiger partial charge in [0.15, 0.2) is 0 Å². The van der Waals surface area contributed by atoms with E-state index in [0.29, 0.717) is 11.8 Å². The second-order valence-corrected chi connectivity index (χ2v) is 6.51. The molecule has 1 amide bonds. The normalized spacial score (nSPS) is 24.1. The monoisotopic (exact) mass is 283 g/mol. The van der Waals surface area contributed by atoms with Crippen molar-refractivity contribution in [3.8, 4) is 0 Å². The van der Waals surface area contributed by atoms with Gasteiger partial charge in [-0.05, 0) is 51.6 Å². The van der Waals surface area contributed by atoms with E-state index in [4.69, 9.17) is 10.5 Å². The molecule has 0 bridgehead atoms. The summed E-state index contributed by atoms with van der Waals surface area (Å²) in [7, 11) is 4.22. The van der Waals surface area contributed by atoms with Crippen LogP contribution in [0.25, 0.3) is 0 Å². The van der Waals surface area contributed by atoms with Crippen molar-refractivity contribution < 1.29 is 9.53 Å². The summed E-state index contributed by atoms with van der Waals surface area (Å²) in [6, 6.07) is -0.329. The van der Waals surface area contributed by atoms with Crippen molar-refractivity contribution in [2.24, 2.45) is 17.6 Å². The fraction of sp³-hybridized carbons (Fsp3) is 0.933. The van der Waals surface area contributed by atoms with Crippen molar-refractivity contribution in [1.29, 1.82) is 0 Å². The summed E-state index contributed by atoms with van der Waals surface area (Å²) >= 11 is 0. The average Bonchev–Trinajstić information content (AvgIpc) is 2.47. The molecule has 0 aromatic carbocycles. The Hall–Kier alpha value is -0.650. The molecule has 0 aromatic rings. The molecule has 2 aliphatic rings. The van der Waals surface area contributed by atoms with E-state index >= 15 is 0 Å². The van der Waals surface area contributed by atoms with Crippen LogP contribution in [0.4, 0.5) is 0 Å². The van der Waals surface area contributed by atoms with E-state index in [1.165, 1.54) is 0 Å². The van der Waals surface area contributed by atoms with Crippen LogP contribution < -0.4 is 5.73 Å². The minimum atomic E-state index is -0.329. The van der Waals surface area contributed by atoms with Crippen molar-refractivity contribution in [3.05, 3.63) is 0 Å². The van der Waals surface area contributed by atoms with E-state index in [0.717, 1.165) is 58.5 Å². The van der Waals surface area contributed by atoms with Crippen LogP contribution in [0.2, 0.25) is 0 Å². The minimum Gasteiger partial charge on any atom is -0.381 e. The Labute approximate surface area is 122 Å². The summed E-state index contributed by atoms with van der Waals surface area (Å²) in [6.45, 7) is 4.35. The predicted molar refractivity (Wildman–Crippen MR) is 79.4 cm³/mol. The lowest BCUT2D eigenvalue weighted by Crippen LogP contribution is -2.51. The van der Waals surface area contributed by atoms with Crippen LogP contribution in [0.1, 0.15) is 25.7 Å². The van der Waals surface area contributed by atoms with Gasteiger partial charge >= 0.3 is 0 Å². The molecule has 1 unspecified atom stereocenters. The maximum Gasteiger partial charge on any atom is 0.239 e. The van der Waals surface area contributed by atoms with Gasteiger partial charge < -0.3 is 20.3 Å². The zero-order valence-electron chi connectivity index (χ0n) is 12.9. The zero-order valence-corrected chi connectivity index (χ0v) is 12.9. The van der Waals surface area contributed by atoms with Crippen LogP contribution in [0.5, 0.6) is 0 Å². The number of hydrogen-bond donors (Lipinski definition) is 1. The second-order valence-electron chi connectivity index (χ2n) is 6.51. The van der Waals surface area contributed by atoms with Crippen molar-refractivity contribution in [1.82, 2.24) is 9.80 Å². The number of nitrogens with zero attached hydrogens (tertiary/aromatic N) is 2. The quantitative estimate of drug-likeness (QED) is 0.818. The smallest absolute Gasteiger partial charge is 0.239 e. The summed E-state index contributed by atoms with van der Waals surface area (Å²) < 4.78 is 5.34. The van der Waals surface area contributed by atoms with Gasteiger partial charge in [0.05, 0.1) is 6.04 Å². The third kappa shape index (κ3) is 4.17. The fourth-order valence-corrected chi connectivity index (χ4v) is 3.34. The summed E-state index contributed by atoms with van der Waals surface area (Å²) in [6.07, 6.45) is 4.04. The molecule has 5 heteroatoms. The lowest BCUT2D eigenvalue weighted by Gasteiger charge is -2.36. The van der Waals surface area contributed by atoms with Crippen LogP contribution in [0, 0.1) is 11.8 Å². The van der Waals surface area contributed by atoms with E-state index in [-0.39, 0.29) is 11.9 Å². The number of piperidine rings is 1. The molecule has 2 aliphatic heterocycles. The molecule has 2 rings (SSSR count). The molecule has 2 saturated heterocycles. The highest BCUT2D eigenvalue weighted by Crippen LogP contribution is 2.22. The van der Waals surface area contributed by atoms with Gasteiger partial charge in [-0.3, -0.25) is 4.79 Å².